The lowest BCUT2D eigenvalue weighted by molar-refractivity contribution is 0.0294. The van der Waals surface area contributed by atoms with E-state index < -0.39 is 0 Å². The summed E-state index contributed by atoms with van der Waals surface area (Å²) in [4.78, 5) is 0. The minimum Gasteiger partial charge on any atom is -0.396 e. The van der Waals surface area contributed by atoms with Crippen molar-refractivity contribution in [3.05, 3.63) is 0 Å². The third-order valence-electron chi connectivity index (χ3n) is 1.49. The molecule has 1 unspecified atom stereocenters. The highest BCUT2D eigenvalue weighted by atomic mass is 16.5. The fourth-order valence-electron chi connectivity index (χ4n) is 0.848. The summed E-state index contributed by atoms with van der Waals surface area (Å²) in [5.74, 6) is 0.338. The van der Waals surface area contributed by atoms with Gasteiger partial charge in [-0.3, -0.25) is 0 Å². The Balaban J connectivity index is 3.05. The molecule has 0 bridgehead atoms. The molecular weight excluding hydrogens is 172 g/mol. The van der Waals surface area contributed by atoms with Crippen molar-refractivity contribution in [2.24, 2.45) is 5.92 Å². The Labute approximate surface area is 79.5 Å². The van der Waals surface area contributed by atoms with Crippen LogP contribution >= 0.6 is 0 Å². The SMILES string of the molecule is CC(COCCO)COCCCO. The zero-order chi connectivity index (χ0) is 9.94. The molecule has 0 aliphatic heterocycles. The molecule has 0 fully saturated rings. The number of aliphatic hydroxyl groups is 2. The monoisotopic (exact) mass is 192 g/mol. The van der Waals surface area contributed by atoms with Crippen molar-refractivity contribution < 1.29 is 19.7 Å². The third-order valence-corrected chi connectivity index (χ3v) is 1.49. The van der Waals surface area contributed by atoms with Gasteiger partial charge in [0.15, 0.2) is 0 Å². The standard InChI is InChI=1S/C9H20O4/c1-9(8-13-6-4-11)7-12-5-2-3-10/h9-11H,2-8H2,1H3. The summed E-state index contributed by atoms with van der Waals surface area (Å²) < 4.78 is 10.4. The Bertz CT molecular complexity index is 97.6. The first-order valence-corrected chi connectivity index (χ1v) is 4.68. The second-order valence-electron chi connectivity index (χ2n) is 3.06. The summed E-state index contributed by atoms with van der Waals surface area (Å²) in [5.41, 5.74) is 0. The highest BCUT2D eigenvalue weighted by Gasteiger charge is 2.01. The molecule has 0 amide bonds. The van der Waals surface area contributed by atoms with Crippen LogP contribution in [0.25, 0.3) is 0 Å². The second kappa shape index (κ2) is 9.92. The van der Waals surface area contributed by atoms with Crippen LogP contribution in [-0.4, -0.2) is 49.9 Å². The summed E-state index contributed by atoms with van der Waals surface area (Å²) in [7, 11) is 0. The zero-order valence-electron chi connectivity index (χ0n) is 8.24. The Morgan fingerprint density at radius 3 is 2.15 bits per heavy atom. The topological polar surface area (TPSA) is 58.9 Å². The van der Waals surface area contributed by atoms with Crippen molar-refractivity contribution >= 4 is 0 Å². The van der Waals surface area contributed by atoms with Crippen LogP contribution in [0.2, 0.25) is 0 Å². The molecule has 0 saturated heterocycles. The van der Waals surface area contributed by atoms with Gasteiger partial charge in [-0.15, -0.1) is 0 Å². The molecule has 0 aromatic heterocycles. The summed E-state index contributed by atoms with van der Waals surface area (Å²) >= 11 is 0. The van der Waals surface area contributed by atoms with Crippen LogP contribution in [0.3, 0.4) is 0 Å². The molecule has 1 atom stereocenters. The predicted octanol–water partition coefficient (Wildman–Crippen LogP) is 0.0304. The number of ether oxygens (including phenoxy) is 2. The largest absolute Gasteiger partial charge is 0.396 e. The van der Waals surface area contributed by atoms with Gasteiger partial charge in [0.1, 0.15) is 0 Å². The van der Waals surface area contributed by atoms with E-state index in [0.29, 0.717) is 38.8 Å². The van der Waals surface area contributed by atoms with Gasteiger partial charge in [0.25, 0.3) is 0 Å². The van der Waals surface area contributed by atoms with E-state index in [1.165, 1.54) is 0 Å². The van der Waals surface area contributed by atoms with E-state index in [4.69, 9.17) is 19.7 Å². The van der Waals surface area contributed by atoms with E-state index in [2.05, 4.69) is 0 Å². The molecule has 13 heavy (non-hydrogen) atoms. The van der Waals surface area contributed by atoms with Gasteiger partial charge in [-0.2, -0.15) is 0 Å². The van der Waals surface area contributed by atoms with Crippen LogP contribution < -0.4 is 0 Å². The van der Waals surface area contributed by atoms with E-state index >= 15 is 0 Å². The molecule has 4 heteroatoms. The van der Waals surface area contributed by atoms with Gasteiger partial charge >= 0.3 is 0 Å². The first-order chi connectivity index (χ1) is 6.31. The number of hydrogen-bond donors (Lipinski definition) is 2. The molecule has 0 spiro atoms. The molecule has 0 heterocycles. The minimum absolute atomic E-state index is 0.0675. The van der Waals surface area contributed by atoms with Crippen LogP contribution in [0.15, 0.2) is 0 Å². The Kier molecular flexibility index (Phi) is 9.80. The van der Waals surface area contributed by atoms with Crippen molar-refractivity contribution in [2.75, 3.05) is 39.6 Å². The Morgan fingerprint density at radius 2 is 1.62 bits per heavy atom. The van der Waals surface area contributed by atoms with E-state index in [9.17, 15) is 0 Å². The molecule has 0 aliphatic rings. The average Bonchev–Trinajstić information content (AvgIpc) is 2.13. The fourth-order valence-corrected chi connectivity index (χ4v) is 0.848. The maximum atomic E-state index is 8.47. The number of rotatable bonds is 9. The lowest BCUT2D eigenvalue weighted by Gasteiger charge is -2.11. The molecular formula is C9H20O4. The van der Waals surface area contributed by atoms with Crippen LogP contribution in [0.1, 0.15) is 13.3 Å². The van der Waals surface area contributed by atoms with E-state index in [-0.39, 0.29) is 13.2 Å². The fraction of sp³-hybridized carbons (Fsp3) is 1.00. The molecule has 2 N–H and O–H groups in total. The van der Waals surface area contributed by atoms with E-state index in [1.54, 1.807) is 0 Å². The van der Waals surface area contributed by atoms with E-state index in [0.717, 1.165) is 0 Å². The van der Waals surface area contributed by atoms with Gasteiger partial charge in [0, 0.05) is 19.1 Å². The lowest BCUT2D eigenvalue weighted by Crippen LogP contribution is -2.15. The van der Waals surface area contributed by atoms with E-state index in [1.807, 2.05) is 6.92 Å². The quantitative estimate of drug-likeness (QED) is 0.506. The molecule has 0 rings (SSSR count). The van der Waals surface area contributed by atoms with Crippen LogP contribution in [-0.2, 0) is 9.47 Å². The third kappa shape index (κ3) is 9.76. The summed E-state index contributed by atoms with van der Waals surface area (Å²) in [5, 5.41) is 16.9. The lowest BCUT2D eigenvalue weighted by atomic mass is 10.2. The highest BCUT2D eigenvalue weighted by molar-refractivity contribution is 4.48. The second-order valence-corrected chi connectivity index (χ2v) is 3.06. The molecule has 4 nitrogen and oxygen atoms in total. The summed E-state index contributed by atoms with van der Waals surface area (Å²) in [6.45, 7) is 4.51. The predicted molar refractivity (Wildman–Crippen MR) is 49.6 cm³/mol. The van der Waals surface area contributed by atoms with Crippen LogP contribution in [0.4, 0.5) is 0 Å². The van der Waals surface area contributed by atoms with Crippen LogP contribution in [0, 0.1) is 5.92 Å². The molecule has 0 saturated carbocycles. The van der Waals surface area contributed by atoms with Gasteiger partial charge in [-0.1, -0.05) is 6.92 Å². The van der Waals surface area contributed by atoms with Gasteiger partial charge in [0.05, 0.1) is 26.4 Å². The maximum Gasteiger partial charge on any atom is 0.0697 e. The average molecular weight is 192 g/mol. The number of hydrogen-bond acceptors (Lipinski definition) is 4. The van der Waals surface area contributed by atoms with Gasteiger partial charge in [0.2, 0.25) is 0 Å². The van der Waals surface area contributed by atoms with Crippen molar-refractivity contribution in [2.45, 2.75) is 13.3 Å². The summed E-state index contributed by atoms with van der Waals surface area (Å²) in [6, 6.07) is 0. The number of aliphatic hydroxyl groups excluding tert-OH is 2. The maximum absolute atomic E-state index is 8.47. The highest BCUT2D eigenvalue weighted by Crippen LogP contribution is 1.97. The van der Waals surface area contributed by atoms with Crippen molar-refractivity contribution in [3.63, 3.8) is 0 Å². The Morgan fingerprint density at radius 1 is 1.00 bits per heavy atom. The van der Waals surface area contributed by atoms with Crippen molar-refractivity contribution in [1.82, 2.24) is 0 Å². The molecule has 0 aromatic carbocycles. The van der Waals surface area contributed by atoms with Crippen molar-refractivity contribution in [1.29, 1.82) is 0 Å². The molecule has 0 radical (unpaired) electrons. The Hall–Kier alpha value is -0.160. The molecule has 0 aromatic rings. The molecule has 0 aliphatic carbocycles. The van der Waals surface area contributed by atoms with Gasteiger partial charge in [-0.25, -0.2) is 0 Å². The van der Waals surface area contributed by atoms with Gasteiger partial charge in [-0.05, 0) is 6.42 Å². The first-order valence-electron chi connectivity index (χ1n) is 4.68. The normalized spacial score (nSPS) is 13.2. The van der Waals surface area contributed by atoms with Crippen molar-refractivity contribution in [3.8, 4) is 0 Å². The zero-order valence-corrected chi connectivity index (χ0v) is 8.24. The minimum atomic E-state index is 0.0675. The first kappa shape index (κ1) is 12.8. The van der Waals surface area contributed by atoms with Gasteiger partial charge < -0.3 is 19.7 Å². The van der Waals surface area contributed by atoms with Crippen LogP contribution in [0.5, 0.6) is 0 Å². The smallest absolute Gasteiger partial charge is 0.0697 e. The summed E-state index contributed by atoms with van der Waals surface area (Å²) in [6.07, 6.45) is 0.685. The molecule has 80 valence electrons.